The van der Waals surface area contributed by atoms with Gasteiger partial charge in [-0.25, -0.2) is 4.79 Å². The van der Waals surface area contributed by atoms with Crippen LogP contribution < -0.4 is 4.90 Å². The molecule has 3 aliphatic rings. The number of aryl methyl sites for hydroxylation is 1. The first-order chi connectivity index (χ1) is 16.6. The quantitative estimate of drug-likeness (QED) is 0.527. The van der Waals surface area contributed by atoms with Gasteiger partial charge >= 0.3 is 5.97 Å². The largest absolute Gasteiger partial charge is 0.478 e. The number of piperidine rings is 1. The molecule has 0 unspecified atom stereocenters. The molecule has 1 aliphatic heterocycles. The first kappa shape index (κ1) is 22.6. The number of rotatable bonds is 5. The van der Waals surface area contributed by atoms with Gasteiger partial charge in [0.05, 0.1) is 5.56 Å². The van der Waals surface area contributed by atoms with Crippen LogP contribution in [0.25, 0.3) is 5.57 Å². The molecule has 0 aromatic heterocycles. The van der Waals surface area contributed by atoms with Gasteiger partial charge in [0, 0.05) is 24.7 Å². The van der Waals surface area contributed by atoms with Gasteiger partial charge in [0.1, 0.15) is 6.29 Å². The first-order valence-electron chi connectivity index (χ1n) is 12.7. The van der Waals surface area contributed by atoms with Crippen LogP contribution in [0.3, 0.4) is 0 Å². The fourth-order valence-corrected chi connectivity index (χ4v) is 5.82. The second kappa shape index (κ2) is 10.0. The Balaban J connectivity index is 1.55. The number of carboxylic acids is 1. The molecule has 0 bridgehead atoms. The number of carboxylic acid groups (broad SMARTS) is 1. The van der Waals surface area contributed by atoms with Gasteiger partial charge in [-0.1, -0.05) is 24.3 Å². The van der Waals surface area contributed by atoms with Crippen LogP contribution in [0.1, 0.15) is 78.4 Å². The van der Waals surface area contributed by atoms with E-state index in [2.05, 4.69) is 35.2 Å². The highest BCUT2D eigenvalue weighted by atomic mass is 16.4. The molecule has 4 nitrogen and oxygen atoms in total. The third-order valence-corrected chi connectivity index (χ3v) is 7.73. The zero-order chi connectivity index (χ0) is 23.5. The van der Waals surface area contributed by atoms with Gasteiger partial charge < -0.3 is 14.8 Å². The normalized spacial score (nSPS) is 19.3. The second-order valence-corrected chi connectivity index (χ2v) is 9.87. The molecule has 1 heterocycles. The number of hydrogen-bond donors (Lipinski definition) is 1. The van der Waals surface area contributed by atoms with Crippen LogP contribution in [0, 0.1) is 5.92 Å². The van der Waals surface area contributed by atoms with E-state index in [4.69, 9.17) is 0 Å². The monoisotopic (exact) mass is 455 g/mol. The van der Waals surface area contributed by atoms with Gasteiger partial charge in [-0.05, 0) is 115 Å². The maximum atomic E-state index is 11.6. The number of allylic oxidation sites excluding steroid dienone is 3. The average Bonchev–Trinajstić information content (AvgIpc) is 3.08. The minimum Gasteiger partial charge on any atom is -0.478 e. The topological polar surface area (TPSA) is 57.6 Å². The lowest BCUT2D eigenvalue weighted by Gasteiger charge is -2.31. The predicted molar refractivity (Wildman–Crippen MR) is 136 cm³/mol. The number of aromatic carboxylic acids is 1. The van der Waals surface area contributed by atoms with E-state index in [1.807, 2.05) is 12.1 Å². The summed E-state index contributed by atoms with van der Waals surface area (Å²) in [6.45, 7) is 1.84. The molecule has 34 heavy (non-hydrogen) atoms. The molecule has 0 saturated carbocycles. The molecule has 0 spiro atoms. The van der Waals surface area contributed by atoms with Crippen molar-refractivity contribution in [3.8, 4) is 0 Å². The van der Waals surface area contributed by atoms with Crippen molar-refractivity contribution in [1.29, 1.82) is 0 Å². The highest BCUT2D eigenvalue weighted by Crippen LogP contribution is 2.41. The van der Waals surface area contributed by atoms with Gasteiger partial charge in [0.2, 0.25) is 0 Å². The maximum Gasteiger partial charge on any atom is 0.335 e. The second-order valence-electron chi connectivity index (χ2n) is 9.87. The zero-order valence-corrected chi connectivity index (χ0v) is 19.8. The van der Waals surface area contributed by atoms with E-state index < -0.39 is 5.97 Å². The molecule has 2 aliphatic carbocycles. The van der Waals surface area contributed by atoms with Crippen molar-refractivity contribution in [3.05, 3.63) is 81.9 Å². The lowest BCUT2D eigenvalue weighted by molar-refractivity contribution is -0.111. The van der Waals surface area contributed by atoms with Crippen LogP contribution in [0.2, 0.25) is 0 Å². The third kappa shape index (κ3) is 4.59. The summed E-state index contributed by atoms with van der Waals surface area (Å²) < 4.78 is 0. The fourth-order valence-electron chi connectivity index (χ4n) is 5.82. The summed E-state index contributed by atoms with van der Waals surface area (Å²) in [6, 6.07) is 14.6. The smallest absolute Gasteiger partial charge is 0.335 e. The summed E-state index contributed by atoms with van der Waals surface area (Å²) in [5.74, 6) is -0.666. The van der Waals surface area contributed by atoms with Crippen molar-refractivity contribution in [3.63, 3.8) is 0 Å². The summed E-state index contributed by atoms with van der Waals surface area (Å²) >= 11 is 0. The van der Waals surface area contributed by atoms with Crippen LogP contribution in [0.5, 0.6) is 0 Å². The highest BCUT2D eigenvalue weighted by molar-refractivity contribution is 5.91. The van der Waals surface area contributed by atoms with Gasteiger partial charge in [0.25, 0.3) is 0 Å². The molecule has 0 radical (unpaired) electrons. The van der Waals surface area contributed by atoms with E-state index in [9.17, 15) is 14.7 Å². The molecule has 2 aromatic carbocycles. The van der Waals surface area contributed by atoms with Crippen LogP contribution in [-0.4, -0.2) is 30.5 Å². The molecule has 176 valence electrons. The van der Waals surface area contributed by atoms with Crippen molar-refractivity contribution in [2.24, 2.45) is 5.92 Å². The van der Waals surface area contributed by atoms with Gasteiger partial charge in [0.15, 0.2) is 0 Å². The lowest BCUT2D eigenvalue weighted by Crippen LogP contribution is -2.34. The first-order valence-corrected chi connectivity index (χ1v) is 12.7. The number of anilines is 1. The molecule has 0 atom stereocenters. The summed E-state index contributed by atoms with van der Waals surface area (Å²) in [7, 11) is 0. The number of hydrogen-bond acceptors (Lipinski definition) is 3. The molecule has 2 aromatic rings. The number of benzene rings is 2. The summed E-state index contributed by atoms with van der Waals surface area (Å²) in [5.41, 5.74) is 9.32. The molecular formula is C30H33NO3. The fraction of sp³-hybridized carbons (Fsp3) is 0.400. The SMILES string of the molecule is O=CC1CCN(c2ccc(C3=C(C4=CCCCC4)CCCc4cc(C(=O)O)ccc43)cc2)CC1. The van der Waals surface area contributed by atoms with E-state index in [-0.39, 0.29) is 5.92 Å². The average molecular weight is 456 g/mol. The van der Waals surface area contributed by atoms with Crippen LogP contribution in [0.15, 0.2) is 59.7 Å². The van der Waals surface area contributed by atoms with E-state index in [1.54, 1.807) is 6.07 Å². The number of carbonyl (C=O) groups excluding carboxylic acids is 1. The van der Waals surface area contributed by atoms with Gasteiger partial charge in [-0.3, -0.25) is 0 Å². The number of nitrogens with zero attached hydrogens (tertiary/aromatic N) is 1. The van der Waals surface area contributed by atoms with Crippen molar-refractivity contribution >= 4 is 23.5 Å². The molecule has 5 rings (SSSR count). The molecule has 0 amide bonds. The van der Waals surface area contributed by atoms with E-state index in [1.165, 1.54) is 46.4 Å². The Hall–Kier alpha value is -3.14. The Labute approximate surface area is 202 Å². The minimum absolute atomic E-state index is 0.199. The summed E-state index contributed by atoms with van der Waals surface area (Å²) in [6.07, 6.45) is 13.1. The molecule has 1 N–H and O–H groups in total. The van der Waals surface area contributed by atoms with Crippen molar-refractivity contribution < 1.29 is 14.7 Å². The Bertz CT molecular complexity index is 1130. The Morgan fingerprint density at radius 3 is 2.41 bits per heavy atom. The molecule has 1 saturated heterocycles. The predicted octanol–water partition coefficient (Wildman–Crippen LogP) is 6.44. The Morgan fingerprint density at radius 1 is 0.941 bits per heavy atom. The number of fused-ring (bicyclic) bond motifs is 1. The third-order valence-electron chi connectivity index (χ3n) is 7.73. The maximum absolute atomic E-state index is 11.6. The zero-order valence-electron chi connectivity index (χ0n) is 19.8. The van der Waals surface area contributed by atoms with Crippen LogP contribution in [-0.2, 0) is 11.2 Å². The minimum atomic E-state index is -0.865. The lowest BCUT2D eigenvalue weighted by atomic mass is 9.84. The molecule has 4 heteroatoms. The van der Waals surface area contributed by atoms with E-state index in [0.29, 0.717) is 5.56 Å². The van der Waals surface area contributed by atoms with Crippen molar-refractivity contribution in [2.45, 2.75) is 57.8 Å². The van der Waals surface area contributed by atoms with E-state index in [0.717, 1.165) is 69.9 Å². The molecule has 1 fully saturated rings. The number of aldehydes is 1. The van der Waals surface area contributed by atoms with Crippen LogP contribution in [0.4, 0.5) is 5.69 Å². The van der Waals surface area contributed by atoms with Crippen LogP contribution >= 0.6 is 0 Å². The standard InChI is InChI=1S/C30H33NO3/c32-20-21-15-17-31(18-16-21)26-12-9-23(10-13-26)29-27(22-5-2-1-3-6-22)8-4-7-24-19-25(30(33)34)11-14-28(24)29/h5,9-14,19-21H,1-4,6-8,15-18H2,(H,33,34). The Morgan fingerprint density at radius 2 is 1.74 bits per heavy atom. The van der Waals surface area contributed by atoms with Gasteiger partial charge in [-0.15, -0.1) is 0 Å². The van der Waals surface area contributed by atoms with Gasteiger partial charge in [-0.2, -0.15) is 0 Å². The summed E-state index contributed by atoms with van der Waals surface area (Å²) in [4.78, 5) is 25.1. The molecular weight excluding hydrogens is 422 g/mol. The number of carbonyl (C=O) groups is 2. The Kier molecular flexibility index (Phi) is 6.66. The van der Waals surface area contributed by atoms with E-state index >= 15 is 0 Å². The highest BCUT2D eigenvalue weighted by Gasteiger charge is 2.24. The summed E-state index contributed by atoms with van der Waals surface area (Å²) in [5, 5.41) is 9.54. The van der Waals surface area contributed by atoms with Crippen molar-refractivity contribution in [2.75, 3.05) is 18.0 Å². The van der Waals surface area contributed by atoms with Crippen molar-refractivity contribution in [1.82, 2.24) is 0 Å².